The first kappa shape index (κ1) is 8.05. The van der Waals surface area contributed by atoms with Gasteiger partial charge in [-0.15, -0.1) is 9.24 Å². The second kappa shape index (κ2) is 3.44. The van der Waals surface area contributed by atoms with Gasteiger partial charge in [0, 0.05) is 0 Å². The Morgan fingerprint density at radius 2 is 1.27 bits per heavy atom. The Kier molecular flexibility index (Phi) is 2.51. The van der Waals surface area contributed by atoms with Gasteiger partial charge < -0.3 is 0 Å². The lowest BCUT2D eigenvalue weighted by atomic mass is 9.80. The minimum absolute atomic E-state index is 1.05. The molecule has 0 amide bonds. The summed E-state index contributed by atoms with van der Waals surface area (Å²) in [7, 11) is 2.90. The maximum absolute atomic E-state index is 2.90. The molecule has 11 heavy (non-hydrogen) atoms. The van der Waals surface area contributed by atoms with E-state index >= 15 is 0 Å². The van der Waals surface area contributed by atoms with Crippen LogP contribution >= 0.6 is 9.24 Å². The van der Waals surface area contributed by atoms with E-state index in [-0.39, 0.29) is 0 Å². The lowest BCUT2D eigenvalue weighted by Crippen LogP contribution is -2.16. The largest absolute Gasteiger partial charge is 0.137 e. The predicted octanol–water partition coefficient (Wildman–Crippen LogP) is 3.08. The highest BCUT2D eigenvalue weighted by molar-refractivity contribution is 7.16. The minimum atomic E-state index is 1.05. The van der Waals surface area contributed by atoms with Crippen molar-refractivity contribution in [3.63, 3.8) is 0 Å². The third-order valence-corrected chi connectivity index (χ3v) is 4.18. The van der Waals surface area contributed by atoms with E-state index in [4.69, 9.17) is 0 Å². The third kappa shape index (κ3) is 1.96. The smallest absolute Gasteiger partial charge is 0.0353 e. The third-order valence-electron chi connectivity index (χ3n) is 3.51. The average Bonchev–Trinajstić information content (AvgIpc) is 2.87. The molecular weight excluding hydrogens is 151 g/mol. The summed E-state index contributed by atoms with van der Waals surface area (Å²) in [5, 5.41) is 0. The summed E-state index contributed by atoms with van der Waals surface area (Å²) >= 11 is 0. The van der Waals surface area contributed by atoms with E-state index in [0.29, 0.717) is 0 Å². The van der Waals surface area contributed by atoms with Crippen molar-refractivity contribution in [2.45, 2.75) is 38.5 Å². The van der Waals surface area contributed by atoms with Crippen LogP contribution in [0.15, 0.2) is 0 Å². The van der Waals surface area contributed by atoms with Crippen LogP contribution in [0.2, 0.25) is 0 Å². The maximum Gasteiger partial charge on any atom is -0.0353 e. The standard InChI is InChI=1S/C10H19P/c11-7-8-1-3-9(4-2-8)10-5-6-10/h8-10H,1-7,11H2. The second-order valence-electron chi connectivity index (χ2n) is 4.35. The number of rotatable bonds is 2. The molecule has 2 fully saturated rings. The zero-order valence-corrected chi connectivity index (χ0v) is 8.41. The number of hydrogen-bond acceptors (Lipinski definition) is 0. The molecule has 0 radical (unpaired) electrons. The zero-order valence-electron chi connectivity index (χ0n) is 7.26. The van der Waals surface area contributed by atoms with Gasteiger partial charge in [-0.05, 0) is 62.4 Å². The van der Waals surface area contributed by atoms with E-state index in [0.717, 1.165) is 11.8 Å². The summed E-state index contributed by atoms with van der Waals surface area (Å²) in [6, 6.07) is 0. The molecule has 0 nitrogen and oxygen atoms in total. The molecule has 0 N–H and O–H groups in total. The molecule has 2 aliphatic rings. The van der Waals surface area contributed by atoms with Crippen LogP contribution in [-0.2, 0) is 0 Å². The van der Waals surface area contributed by atoms with Crippen LogP contribution in [0.5, 0.6) is 0 Å². The lowest BCUT2D eigenvalue weighted by molar-refractivity contribution is 0.268. The molecule has 0 aliphatic heterocycles. The van der Waals surface area contributed by atoms with Crippen LogP contribution in [0.4, 0.5) is 0 Å². The molecule has 0 saturated heterocycles. The minimum Gasteiger partial charge on any atom is -0.137 e. The monoisotopic (exact) mass is 170 g/mol. The fourth-order valence-electron chi connectivity index (χ4n) is 2.46. The summed E-state index contributed by atoms with van der Waals surface area (Å²) in [6.07, 6.45) is 10.6. The van der Waals surface area contributed by atoms with Crippen molar-refractivity contribution in [1.82, 2.24) is 0 Å². The van der Waals surface area contributed by atoms with Gasteiger partial charge >= 0.3 is 0 Å². The molecule has 2 aliphatic carbocycles. The van der Waals surface area contributed by atoms with Crippen molar-refractivity contribution >= 4 is 9.24 Å². The van der Waals surface area contributed by atoms with E-state index in [9.17, 15) is 0 Å². The lowest BCUT2D eigenvalue weighted by Gasteiger charge is -2.27. The fourth-order valence-corrected chi connectivity index (χ4v) is 2.93. The van der Waals surface area contributed by atoms with E-state index in [1.54, 1.807) is 25.7 Å². The van der Waals surface area contributed by atoms with Gasteiger partial charge in [-0.25, -0.2) is 0 Å². The molecule has 0 aromatic heterocycles. The SMILES string of the molecule is PCC1CCC(C2CC2)CC1. The van der Waals surface area contributed by atoms with Gasteiger partial charge in [-0.3, -0.25) is 0 Å². The summed E-state index contributed by atoms with van der Waals surface area (Å²) in [6.45, 7) is 0. The molecule has 1 heteroatoms. The Bertz CT molecular complexity index is 121. The molecule has 0 aromatic carbocycles. The Hall–Kier alpha value is 0.430. The van der Waals surface area contributed by atoms with Gasteiger partial charge in [-0.2, -0.15) is 0 Å². The van der Waals surface area contributed by atoms with Crippen molar-refractivity contribution in [3.05, 3.63) is 0 Å². The molecule has 2 rings (SSSR count). The summed E-state index contributed by atoms with van der Waals surface area (Å²) in [5.74, 6) is 3.36. The van der Waals surface area contributed by atoms with Crippen LogP contribution in [-0.4, -0.2) is 6.16 Å². The highest BCUT2D eigenvalue weighted by Gasteiger charge is 2.33. The Morgan fingerprint density at radius 3 is 1.64 bits per heavy atom. The first-order valence-corrected chi connectivity index (χ1v) is 5.92. The summed E-state index contributed by atoms with van der Waals surface area (Å²) in [4.78, 5) is 0. The normalized spacial score (nSPS) is 39.0. The van der Waals surface area contributed by atoms with Crippen molar-refractivity contribution in [2.24, 2.45) is 17.8 Å². The van der Waals surface area contributed by atoms with Crippen LogP contribution in [0, 0.1) is 17.8 Å². The zero-order chi connectivity index (χ0) is 7.68. The summed E-state index contributed by atoms with van der Waals surface area (Å²) < 4.78 is 0. The molecule has 0 bridgehead atoms. The fraction of sp³-hybridized carbons (Fsp3) is 1.00. The van der Waals surface area contributed by atoms with E-state index < -0.39 is 0 Å². The first-order valence-electron chi connectivity index (χ1n) is 5.10. The highest BCUT2D eigenvalue weighted by atomic mass is 31.0. The van der Waals surface area contributed by atoms with E-state index in [1.165, 1.54) is 24.9 Å². The quantitative estimate of drug-likeness (QED) is 0.559. The second-order valence-corrected chi connectivity index (χ2v) is 4.83. The topological polar surface area (TPSA) is 0 Å². The van der Waals surface area contributed by atoms with Gasteiger partial charge in [0.1, 0.15) is 0 Å². The molecule has 0 heterocycles. The first-order chi connectivity index (χ1) is 5.40. The van der Waals surface area contributed by atoms with Crippen LogP contribution in [0.1, 0.15) is 38.5 Å². The van der Waals surface area contributed by atoms with Crippen LogP contribution < -0.4 is 0 Å². The van der Waals surface area contributed by atoms with E-state index in [2.05, 4.69) is 9.24 Å². The van der Waals surface area contributed by atoms with Crippen LogP contribution in [0.25, 0.3) is 0 Å². The molecule has 1 unspecified atom stereocenters. The summed E-state index contributed by atoms with van der Waals surface area (Å²) in [5.41, 5.74) is 0. The van der Waals surface area contributed by atoms with Gasteiger partial charge in [0.25, 0.3) is 0 Å². The predicted molar refractivity (Wildman–Crippen MR) is 52.7 cm³/mol. The molecule has 2 saturated carbocycles. The van der Waals surface area contributed by atoms with Crippen molar-refractivity contribution in [3.8, 4) is 0 Å². The van der Waals surface area contributed by atoms with Gasteiger partial charge in [-0.1, -0.05) is 0 Å². The van der Waals surface area contributed by atoms with Gasteiger partial charge in [0.15, 0.2) is 0 Å². The molecule has 0 spiro atoms. The Morgan fingerprint density at radius 1 is 0.818 bits per heavy atom. The highest BCUT2D eigenvalue weighted by Crippen LogP contribution is 2.45. The van der Waals surface area contributed by atoms with Crippen molar-refractivity contribution < 1.29 is 0 Å². The number of hydrogen-bond donors (Lipinski definition) is 0. The molecule has 0 aromatic rings. The average molecular weight is 170 g/mol. The van der Waals surface area contributed by atoms with Crippen molar-refractivity contribution in [1.29, 1.82) is 0 Å². The Labute approximate surface area is 72.3 Å². The molecule has 64 valence electrons. The molecular formula is C10H19P. The maximum atomic E-state index is 2.90. The van der Waals surface area contributed by atoms with E-state index in [1.807, 2.05) is 0 Å². The van der Waals surface area contributed by atoms with Gasteiger partial charge in [0.2, 0.25) is 0 Å². The van der Waals surface area contributed by atoms with Crippen molar-refractivity contribution in [2.75, 3.05) is 6.16 Å². The molecule has 1 atom stereocenters. The van der Waals surface area contributed by atoms with Gasteiger partial charge in [0.05, 0.1) is 0 Å². The Balaban J connectivity index is 1.75. The van der Waals surface area contributed by atoms with Crippen LogP contribution in [0.3, 0.4) is 0 Å².